The van der Waals surface area contributed by atoms with Crippen LogP contribution in [0.5, 0.6) is 0 Å². The molecule has 1 unspecified atom stereocenters. The van der Waals surface area contributed by atoms with Crippen molar-refractivity contribution >= 4 is 20.2 Å². The van der Waals surface area contributed by atoms with Crippen LogP contribution in [0.1, 0.15) is 25.7 Å². The van der Waals surface area contributed by atoms with Crippen molar-refractivity contribution in [3.63, 3.8) is 0 Å². The Morgan fingerprint density at radius 1 is 0.585 bits per heavy atom. The maximum atomic E-state index is 10.4. The van der Waals surface area contributed by atoms with Crippen molar-refractivity contribution in [3.05, 3.63) is 0 Å². The minimum absolute atomic E-state index is 0. The Bertz CT molecular complexity index is 880. The van der Waals surface area contributed by atoms with Crippen LogP contribution in [0.2, 0.25) is 0 Å². The molecule has 18 nitrogen and oxygen atoms in total. The molecule has 2 aliphatic heterocycles. The van der Waals surface area contributed by atoms with Crippen LogP contribution < -0.4 is 64.8 Å². The Balaban J connectivity index is -0.000000566. The molecule has 2 aliphatic rings. The van der Waals surface area contributed by atoms with Gasteiger partial charge < -0.3 is 70.3 Å². The summed E-state index contributed by atoms with van der Waals surface area (Å²) in [5, 5.41) is 82.4. The largest absolute Gasteiger partial charge is 1.00 e. The zero-order valence-electron chi connectivity index (χ0n) is 22.8. The molecular weight excluding hydrogens is 624 g/mol. The van der Waals surface area contributed by atoms with Crippen LogP contribution in [0.3, 0.4) is 0 Å². The van der Waals surface area contributed by atoms with E-state index in [-0.39, 0.29) is 90.7 Å². The molecule has 2 fully saturated rings. The van der Waals surface area contributed by atoms with E-state index in [1.54, 1.807) is 0 Å². The fourth-order valence-electron chi connectivity index (χ4n) is 3.38. The van der Waals surface area contributed by atoms with E-state index in [1.165, 1.54) is 0 Å². The summed E-state index contributed by atoms with van der Waals surface area (Å²) < 4.78 is 70.3. The van der Waals surface area contributed by atoms with Crippen LogP contribution in [-0.2, 0) is 29.7 Å². The van der Waals surface area contributed by atoms with Crippen LogP contribution in [-0.4, -0.2) is 164 Å². The van der Waals surface area contributed by atoms with Crippen LogP contribution in [0.25, 0.3) is 0 Å². The summed E-state index contributed by atoms with van der Waals surface area (Å²) in [6.45, 7) is -0.778. The van der Waals surface area contributed by atoms with Crippen molar-refractivity contribution in [3.8, 4) is 0 Å². The minimum atomic E-state index is -4.26. The Morgan fingerprint density at radius 2 is 0.976 bits per heavy atom. The molecule has 0 amide bonds. The van der Waals surface area contributed by atoms with Crippen molar-refractivity contribution in [2.75, 3.05) is 31.3 Å². The first kappa shape index (κ1) is 46.8. The molecule has 2 heterocycles. The van der Waals surface area contributed by atoms with Crippen molar-refractivity contribution in [1.29, 1.82) is 0 Å². The molecule has 0 radical (unpaired) electrons. The second-order valence-corrected chi connectivity index (χ2v) is 11.8. The number of aliphatic hydroxyl groups excluding tert-OH is 9. The van der Waals surface area contributed by atoms with E-state index in [0.717, 1.165) is 0 Å². The summed E-state index contributed by atoms with van der Waals surface area (Å²) >= 11 is 0. The number of ether oxygens (including phenoxy) is 2. The molecule has 22 heteroatoms. The fraction of sp³-hybridized carbons (Fsp3) is 1.00. The maximum absolute atomic E-state index is 10.4. The van der Waals surface area contributed by atoms with Gasteiger partial charge in [0.15, 0.2) is 6.29 Å². The average Bonchev–Trinajstić information content (AvgIpc) is 2.85. The van der Waals surface area contributed by atoms with Gasteiger partial charge in [-0.3, -0.25) is 0 Å². The Kier molecular flexibility index (Phi) is 26.0. The van der Waals surface area contributed by atoms with Crippen molar-refractivity contribution in [1.82, 2.24) is 0 Å². The first-order chi connectivity index (χ1) is 17.9. The molecule has 0 spiro atoms. The van der Waals surface area contributed by atoms with Gasteiger partial charge in [0.2, 0.25) is 0 Å². The second kappa shape index (κ2) is 22.8. The normalized spacial score (nSPS) is 33.6. The summed E-state index contributed by atoms with van der Waals surface area (Å²) in [6.07, 6.45) is -12.1. The third-order valence-electron chi connectivity index (χ3n) is 5.59. The fourth-order valence-corrected chi connectivity index (χ4v) is 4.46. The molecule has 11 N–H and O–H groups in total. The first-order valence-electron chi connectivity index (χ1n) is 11.8. The number of hydrogen-bond donors (Lipinski definition) is 10. The predicted octanol–water partition coefficient (Wildman–Crippen LogP) is -12.8. The second-order valence-electron chi connectivity index (χ2n) is 8.75. The number of hydrogen-bond acceptors (Lipinski definition) is 18. The van der Waals surface area contributed by atoms with Crippen molar-refractivity contribution in [2.24, 2.45) is 5.73 Å². The summed E-state index contributed by atoms with van der Waals surface area (Å²) in [5.41, 5.74) is 4.93. The number of aliphatic hydroxyl groups is 9. The van der Waals surface area contributed by atoms with Gasteiger partial charge in [-0.2, -0.15) is 0 Å². The van der Waals surface area contributed by atoms with Gasteiger partial charge in [0.1, 0.15) is 48.8 Å². The van der Waals surface area contributed by atoms with E-state index in [2.05, 4.69) is 4.74 Å². The molecule has 2 saturated heterocycles. The van der Waals surface area contributed by atoms with Crippen LogP contribution in [0, 0.1) is 0 Å². The average molecular weight is 664 g/mol. The van der Waals surface area contributed by atoms with Gasteiger partial charge in [-0.25, -0.2) is 16.8 Å². The standard InChI is InChI=1S/C10H20O8S.C6H12O6.C3H9NO3S.2Na/c11-5-7-9(13)10(14)8(12)6(18-7)3-1-2-4-19(15,16)17;7-1-2-3(8)4(9)5(10)6(11)12-2;4-2-1-3-8(5,6)7;;/h6-14H,1-5H2,(H,15,16,17);2-11H,1H2;1-4H2,(H,5,6,7);;/q;;;2*+1/p-2/t6?,7-,8+,9-,10-;2-,3-,4+,5-,6+;;;/m11.../s1. The number of rotatable bonds is 10. The van der Waals surface area contributed by atoms with Gasteiger partial charge in [-0.1, -0.05) is 0 Å². The molecule has 2 rings (SSSR count). The van der Waals surface area contributed by atoms with Crippen molar-refractivity contribution < 1.29 is 140 Å². The minimum Gasteiger partial charge on any atom is -0.748 e. The quantitative estimate of drug-likeness (QED) is 0.0589. The van der Waals surface area contributed by atoms with E-state index >= 15 is 0 Å². The zero-order chi connectivity index (χ0) is 30.6. The van der Waals surface area contributed by atoms with E-state index in [4.69, 9.17) is 41.1 Å². The third-order valence-corrected chi connectivity index (χ3v) is 7.17. The Labute approximate surface area is 282 Å². The summed E-state index contributed by atoms with van der Waals surface area (Å²) in [7, 11) is -8.27. The molecule has 41 heavy (non-hydrogen) atoms. The third kappa shape index (κ3) is 18.8. The van der Waals surface area contributed by atoms with Gasteiger partial charge in [0, 0.05) is 11.5 Å². The van der Waals surface area contributed by atoms with Crippen LogP contribution in [0.4, 0.5) is 0 Å². The van der Waals surface area contributed by atoms with Gasteiger partial charge >= 0.3 is 59.1 Å². The summed E-state index contributed by atoms with van der Waals surface area (Å²) in [4.78, 5) is 0. The number of nitrogens with two attached hydrogens (primary N) is 1. The molecule has 0 aliphatic carbocycles. The Hall–Kier alpha value is 1.34. The molecule has 0 aromatic rings. The summed E-state index contributed by atoms with van der Waals surface area (Å²) in [5.74, 6) is -0.839. The molecular formula is C19H39NNa2O17S2. The van der Waals surface area contributed by atoms with E-state index in [9.17, 15) is 41.3 Å². The SMILES string of the molecule is NCCCS(=O)(=O)[O-].O=S(=O)([O-])CCCCC1O[C@H](CO)[C@@H](O)[C@H](O)[C@H]1O.OC[C@H]1O[C@H](O)[C@H](O)[C@@H](O)[C@@H]1O.[Na+].[Na+]. The topological polar surface area (TPSA) is 341 Å². The van der Waals surface area contributed by atoms with E-state index in [0.29, 0.717) is 6.42 Å². The van der Waals surface area contributed by atoms with Gasteiger partial charge in [0.25, 0.3) is 0 Å². The summed E-state index contributed by atoms with van der Waals surface area (Å²) in [6, 6.07) is 0. The van der Waals surface area contributed by atoms with Crippen LogP contribution >= 0.6 is 0 Å². The maximum Gasteiger partial charge on any atom is 1.00 e. The first-order valence-corrected chi connectivity index (χ1v) is 14.9. The molecule has 0 aromatic heterocycles. The van der Waals surface area contributed by atoms with Gasteiger partial charge in [-0.05, 0) is 32.2 Å². The molecule has 10 atom stereocenters. The number of unbranched alkanes of at least 4 members (excludes halogenated alkanes) is 1. The monoisotopic (exact) mass is 663 g/mol. The molecule has 236 valence electrons. The van der Waals surface area contributed by atoms with Crippen LogP contribution in [0.15, 0.2) is 0 Å². The van der Waals surface area contributed by atoms with Crippen molar-refractivity contribution in [2.45, 2.75) is 86.9 Å². The Morgan fingerprint density at radius 3 is 1.37 bits per heavy atom. The van der Waals surface area contributed by atoms with Gasteiger partial charge in [-0.15, -0.1) is 0 Å². The smallest absolute Gasteiger partial charge is 0.748 e. The molecule has 0 aromatic carbocycles. The van der Waals surface area contributed by atoms with E-state index < -0.39 is 100 Å². The van der Waals surface area contributed by atoms with Gasteiger partial charge in [0.05, 0.1) is 39.6 Å². The predicted molar refractivity (Wildman–Crippen MR) is 126 cm³/mol. The van der Waals surface area contributed by atoms with E-state index in [1.807, 2.05) is 0 Å². The zero-order valence-corrected chi connectivity index (χ0v) is 28.5. The molecule has 0 saturated carbocycles. The molecule has 0 bridgehead atoms.